The third-order valence-corrected chi connectivity index (χ3v) is 8.82. The highest BCUT2D eigenvalue weighted by atomic mass is 16.2. The smallest absolute Gasteiger partial charge is 0.246 e. The highest BCUT2D eigenvalue weighted by Crippen LogP contribution is 2.30. The second kappa shape index (κ2) is 11.9. The van der Waals surface area contributed by atoms with Crippen LogP contribution < -0.4 is 5.73 Å². The van der Waals surface area contributed by atoms with Gasteiger partial charge in [-0.25, -0.2) is 0 Å². The van der Waals surface area contributed by atoms with Gasteiger partial charge in [-0.1, -0.05) is 30.3 Å². The molecule has 0 saturated carbocycles. The molecular formula is C29H39N5O5. The topological polar surface area (TPSA) is 124 Å². The first kappa shape index (κ1) is 27.3. The molecule has 210 valence electrons. The predicted molar refractivity (Wildman–Crippen MR) is 143 cm³/mol. The van der Waals surface area contributed by atoms with Crippen molar-refractivity contribution in [2.75, 3.05) is 26.2 Å². The minimum absolute atomic E-state index is 0.161. The van der Waals surface area contributed by atoms with E-state index in [1.54, 1.807) is 19.6 Å². The summed E-state index contributed by atoms with van der Waals surface area (Å²) in [5, 5.41) is 0. The quantitative estimate of drug-likeness (QED) is 0.511. The van der Waals surface area contributed by atoms with Gasteiger partial charge in [-0.05, 0) is 63.4 Å². The van der Waals surface area contributed by atoms with E-state index < -0.39 is 30.2 Å². The standard InChI is InChI=1S/C29H39N5O5/c30-22(18-20-8-2-1-3-9-20)26(36)32-15-5-12-24(32)28(38)34-17-7-13-25(34)29(39)33-16-6-11-23(33)27(37)31-14-4-10-21(31)19-35/h1-3,8-9,19,21-25H,4-7,10-18,30H2/t21-,22-,23-,24-,25-/m0/s1. The number of amides is 4. The third-order valence-electron chi connectivity index (χ3n) is 8.82. The number of carbonyl (C=O) groups is 5. The van der Waals surface area contributed by atoms with E-state index >= 15 is 0 Å². The molecule has 4 aliphatic heterocycles. The zero-order chi connectivity index (χ0) is 27.5. The molecular weight excluding hydrogens is 498 g/mol. The number of rotatable bonds is 7. The van der Waals surface area contributed by atoms with Crippen molar-refractivity contribution in [3.05, 3.63) is 35.9 Å². The SMILES string of the molecule is N[C@@H](Cc1ccccc1)C(=O)N1CCC[C@H]1C(=O)N1CCC[C@H]1C(=O)N1CCC[C@H]1C(=O)N1CCC[C@H]1C=O. The molecule has 0 unspecified atom stereocenters. The maximum absolute atomic E-state index is 13.8. The van der Waals surface area contributed by atoms with E-state index in [4.69, 9.17) is 5.73 Å². The molecule has 1 aromatic rings. The van der Waals surface area contributed by atoms with Crippen molar-refractivity contribution in [3.63, 3.8) is 0 Å². The summed E-state index contributed by atoms with van der Waals surface area (Å²) in [6.07, 6.45) is 6.44. The van der Waals surface area contributed by atoms with Gasteiger partial charge in [-0.3, -0.25) is 19.2 Å². The van der Waals surface area contributed by atoms with Crippen LogP contribution in [0.15, 0.2) is 30.3 Å². The second-order valence-electron chi connectivity index (χ2n) is 11.2. The lowest BCUT2D eigenvalue weighted by Crippen LogP contribution is -2.57. The Hall–Kier alpha value is -3.27. The zero-order valence-corrected chi connectivity index (χ0v) is 22.5. The van der Waals surface area contributed by atoms with E-state index in [1.807, 2.05) is 30.3 Å². The normalized spacial score (nSPS) is 27.7. The zero-order valence-electron chi connectivity index (χ0n) is 22.5. The van der Waals surface area contributed by atoms with Crippen molar-refractivity contribution < 1.29 is 24.0 Å². The summed E-state index contributed by atoms with van der Waals surface area (Å²) in [4.78, 5) is 72.1. The first-order valence-electron chi connectivity index (χ1n) is 14.4. The maximum Gasteiger partial charge on any atom is 0.246 e. The number of hydrogen-bond acceptors (Lipinski definition) is 6. The number of carbonyl (C=O) groups excluding carboxylic acids is 5. The minimum atomic E-state index is -0.742. The van der Waals surface area contributed by atoms with Gasteiger partial charge in [0, 0.05) is 26.2 Å². The van der Waals surface area contributed by atoms with E-state index in [-0.39, 0.29) is 23.6 Å². The Bertz CT molecular complexity index is 1100. The largest absolute Gasteiger partial charge is 0.331 e. The predicted octanol–water partition coefficient (Wildman–Crippen LogP) is 0.719. The fourth-order valence-corrected chi connectivity index (χ4v) is 6.81. The van der Waals surface area contributed by atoms with Crippen molar-refractivity contribution in [1.29, 1.82) is 0 Å². The van der Waals surface area contributed by atoms with Gasteiger partial charge in [0.25, 0.3) is 0 Å². The Morgan fingerprint density at radius 2 is 1.18 bits per heavy atom. The monoisotopic (exact) mass is 537 g/mol. The Balaban J connectivity index is 1.25. The van der Waals surface area contributed by atoms with Crippen LogP contribution in [-0.4, -0.2) is 106 Å². The van der Waals surface area contributed by atoms with Gasteiger partial charge in [0.15, 0.2) is 0 Å². The average Bonchev–Trinajstić information content (AvgIpc) is 3.77. The lowest BCUT2D eigenvalue weighted by atomic mass is 10.0. The number of nitrogens with zero attached hydrogens (tertiary/aromatic N) is 4. The van der Waals surface area contributed by atoms with Crippen LogP contribution in [0.2, 0.25) is 0 Å². The summed E-state index contributed by atoms with van der Waals surface area (Å²) in [7, 11) is 0. The number of nitrogens with two attached hydrogens (primary N) is 1. The van der Waals surface area contributed by atoms with Crippen LogP contribution in [0, 0.1) is 0 Å². The third kappa shape index (κ3) is 5.44. The number of aldehydes is 1. The van der Waals surface area contributed by atoms with E-state index in [0.29, 0.717) is 77.5 Å². The van der Waals surface area contributed by atoms with Gasteiger partial charge in [0.2, 0.25) is 23.6 Å². The first-order chi connectivity index (χ1) is 18.9. The number of likely N-dealkylation sites (tertiary alicyclic amines) is 4. The van der Waals surface area contributed by atoms with E-state index in [2.05, 4.69) is 0 Å². The molecule has 10 nitrogen and oxygen atoms in total. The molecule has 0 spiro atoms. The molecule has 10 heteroatoms. The van der Waals surface area contributed by atoms with Crippen molar-refractivity contribution in [3.8, 4) is 0 Å². The lowest BCUT2D eigenvalue weighted by molar-refractivity contribution is -0.152. The fourth-order valence-electron chi connectivity index (χ4n) is 6.81. The summed E-state index contributed by atoms with van der Waals surface area (Å²) >= 11 is 0. The summed E-state index contributed by atoms with van der Waals surface area (Å²) in [5.41, 5.74) is 7.25. The lowest BCUT2D eigenvalue weighted by Gasteiger charge is -2.35. The van der Waals surface area contributed by atoms with E-state index in [0.717, 1.165) is 18.3 Å². The van der Waals surface area contributed by atoms with Crippen LogP contribution in [-0.2, 0) is 30.4 Å². The van der Waals surface area contributed by atoms with E-state index in [1.165, 1.54) is 0 Å². The molecule has 4 aliphatic rings. The average molecular weight is 538 g/mol. The minimum Gasteiger partial charge on any atom is -0.331 e. The molecule has 4 heterocycles. The fraction of sp³-hybridized carbons (Fsp3) is 0.621. The van der Waals surface area contributed by atoms with Crippen LogP contribution in [0.25, 0.3) is 0 Å². The Kier molecular flexibility index (Phi) is 8.30. The van der Waals surface area contributed by atoms with Crippen LogP contribution in [0.5, 0.6) is 0 Å². The molecule has 5 rings (SSSR count). The first-order valence-corrected chi connectivity index (χ1v) is 14.4. The van der Waals surface area contributed by atoms with Gasteiger partial charge < -0.3 is 30.1 Å². The van der Waals surface area contributed by atoms with Crippen LogP contribution in [0.4, 0.5) is 0 Å². The molecule has 0 aromatic heterocycles. The number of hydrogen-bond donors (Lipinski definition) is 1. The highest BCUT2D eigenvalue weighted by Gasteiger charge is 2.47. The summed E-state index contributed by atoms with van der Waals surface area (Å²) < 4.78 is 0. The van der Waals surface area contributed by atoms with Crippen LogP contribution in [0.1, 0.15) is 56.9 Å². The van der Waals surface area contributed by atoms with Crippen molar-refractivity contribution in [2.24, 2.45) is 5.73 Å². The summed E-state index contributed by atoms with van der Waals surface area (Å²) in [6, 6.07) is 6.58. The highest BCUT2D eigenvalue weighted by molar-refractivity contribution is 5.96. The van der Waals surface area contributed by atoms with E-state index in [9.17, 15) is 24.0 Å². The van der Waals surface area contributed by atoms with Gasteiger partial charge >= 0.3 is 0 Å². The molecule has 0 bridgehead atoms. The van der Waals surface area contributed by atoms with Crippen molar-refractivity contribution >= 4 is 29.9 Å². The van der Waals surface area contributed by atoms with Crippen molar-refractivity contribution in [2.45, 2.75) is 88.0 Å². The van der Waals surface area contributed by atoms with Gasteiger partial charge in [0.05, 0.1) is 12.1 Å². The molecule has 0 radical (unpaired) electrons. The maximum atomic E-state index is 13.8. The van der Waals surface area contributed by atoms with Gasteiger partial charge in [-0.2, -0.15) is 0 Å². The molecule has 0 aliphatic carbocycles. The molecule has 39 heavy (non-hydrogen) atoms. The van der Waals surface area contributed by atoms with Crippen LogP contribution in [0.3, 0.4) is 0 Å². The molecule has 4 fully saturated rings. The molecule has 2 N–H and O–H groups in total. The molecule has 4 amide bonds. The Morgan fingerprint density at radius 3 is 1.74 bits per heavy atom. The Labute approximate surface area is 229 Å². The summed E-state index contributed by atoms with van der Waals surface area (Å²) in [6.45, 7) is 1.93. The van der Waals surface area contributed by atoms with Gasteiger partial charge in [-0.15, -0.1) is 0 Å². The molecule has 4 saturated heterocycles. The Morgan fingerprint density at radius 1 is 0.718 bits per heavy atom. The molecule has 1 aromatic carbocycles. The van der Waals surface area contributed by atoms with Gasteiger partial charge in [0.1, 0.15) is 24.4 Å². The van der Waals surface area contributed by atoms with Crippen molar-refractivity contribution in [1.82, 2.24) is 19.6 Å². The van der Waals surface area contributed by atoms with Crippen LogP contribution >= 0.6 is 0 Å². The summed E-state index contributed by atoms with van der Waals surface area (Å²) in [5.74, 6) is -0.801. The second-order valence-corrected chi connectivity index (χ2v) is 11.2. The molecule has 5 atom stereocenters. The number of benzene rings is 1.